The Morgan fingerprint density at radius 3 is 1.42 bits per heavy atom. The molecule has 65 heavy (non-hydrogen) atoms. The molecular formula is C56H102N2O6P+. The first-order valence-electron chi connectivity index (χ1n) is 26.5. The van der Waals surface area contributed by atoms with E-state index in [9.17, 15) is 19.4 Å². The van der Waals surface area contributed by atoms with Crippen molar-refractivity contribution in [2.75, 3.05) is 40.9 Å². The second-order valence-electron chi connectivity index (χ2n) is 18.8. The summed E-state index contributed by atoms with van der Waals surface area (Å²) in [7, 11) is 1.51. The number of quaternary nitrogens is 1. The summed E-state index contributed by atoms with van der Waals surface area (Å²) >= 11 is 0. The number of aliphatic hydroxyl groups is 1. The van der Waals surface area contributed by atoms with E-state index in [-0.39, 0.29) is 25.5 Å². The maximum Gasteiger partial charge on any atom is 0.472 e. The van der Waals surface area contributed by atoms with Crippen LogP contribution < -0.4 is 5.32 Å². The van der Waals surface area contributed by atoms with Gasteiger partial charge in [-0.3, -0.25) is 13.8 Å². The predicted molar refractivity (Wildman–Crippen MR) is 281 cm³/mol. The maximum absolute atomic E-state index is 12.9. The van der Waals surface area contributed by atoms with E-state index in [1.807, 2.05) is 27.2 Å². The van der Waals surface area contributed by atoms with Gasteiger partial charge in [-0.2, -0.15) is 0 Å². The number of rotatable bonds is 47. The van der Waals surface area contributed by atoms with Crippen LogP contribution in [0, 0.1) is 0 Å². The van der Waals surface area contributed by atoms with Crippen molar-refractivity contribution in [3.8, 4) is 0 Å². The Hall–Kier alpha value is -2.32. The smallest absolute Gasteiger partial charge is 0.387 e. The third kappa shape index (κ3) is 49.4. The van der Waals surface area contributed by atoms with E-state index in [0.29, 0.717) is 17.4 Å². The number of carbonyl (C=O) groups is 1. The normalized spacial score (nSPS) is 14.8. The Labute approximate surface area is 401 Å². The van der Waals surface area contributed by atoms with Gasteiger partial charge < -0.3 is 19.8 Å². The summed E-state index contributed by atoms with van der Waals surface area (Å²) < 4.78 is 23.6. The molecule has 0 aliphatic heterocycles. The van der Waals surface area contributed by atoms with Crippen LogP contribution >= 0.6 is 7.82 Å². The second kappa shape index (κ2) is 46.8. The molecule has 0 saturated carbocycles. The fourth-order valence-electron chi connectivity index (χ4n) is 7.18. The predicted octanol–water partition coefficient (Wildman–Crippen LogP) is 15.7. The number of likely N-dealkylation sites (N-methyl/N-ethyl adjacent to an activating group) is 1. The van der Waals surface area contributed by atoms with Gasteiger partial charge in [-0.15, -0.1) is 0 Å². The monoisotopic (exact) mass is 930 g/mol. The van der Waals surface area contributed by atoms with Gasteiger partial charge in [0.15, 0.2) is 0 Å². The zero-order valence-electron chi connectivity index (χ0n) is 42.7. The second-order valence-corrected chi connectivity index (χ2v) is 20.3. The van der Waals surface area contributed by atoms with Gasteiger partial charge in [0, 0.05) is 6.42 Å². The van der Waals surface area contributed by atoms with Crippen LogP contribution in [-0.4, -0.2) is 73.4 Å². The van der Waals surface area contributed by atoms with Crippen LogP contribution in [0.15, 0.2) is 85.1 Å². The van der Waals surface area contributed by atoms with Crippen molar-refractivity contribution in [3.05, 3.63) is 85.1 Å². The van der Waals surface area contributed by atoms with Crippen LogP contribution in [0.25, 0.3) is 0 Å². The molecule has 3 atom stereocenters. The molecule has 0 aliphatic rings. The molecule has 3 unspecified atom stereocenters. The molecule has 0 fully saturated rings. The molecule has 0 aromatic rings. The van der Waals surface area contributed by atoms with Crippen LogP contribution in [0.4, 0.5) is 0 Å². The van der Waals surface area contributed by atoms with Crippen molar-refractivity contribution in [1.82, 2.24) is 5.32 Å². The average molecular weight is 930 g/mol. The van der Waals surface area contributed by atoms with Crippen LogP contribution in [0.1, 0.15) is 213 Å². The van der Waals surface area contributed by atoms with Gasteiger partial charge >= 0.3 is 7.82 Å². The van der Waals surface area contributed by atoms with Gasteiger partial charge in [0.2, 0.25) is 5.91 Å². The van der Waals surface area contributed by atoms with Crippen LogP contribution in [-0.2, 0) is 18.4 Å². The van der Waals surface area contributed by atoms with E-state index >= 15 is 0 Å². The molecule has 0 aliphatic carbocycles. The van der Waals surface area contributed by atoms with Crippen LogP contribution in [0.2, 0.25) is 0 Å². The van der Waals surface area contributed by atoms with Crippen molar-refractivity contribution >= 4 is 13.7 Å². The topological polar surface area (TPSA) is 105 Å². The van der Waals surface area contributed by atoms with E-state index < -0.39 is 20.0 Å². The fraction of sp³-hybridized carbons (Fsp3) is 0.732. The zero-order chi connectivity index (χ0) is 47.8. The Balaban J connectivity index is 4.35. The maximum atomic E-state index is 12.9. The number of unbranched alkanes of at least 4 members (excludes halogenated alkanes) is 22. The first kappa shape index (κ1) is 62.7. The number of nitrogens with zero attached hydrogens (tertiary/aromatic N) is 1. The molecule has 3 N–H and O–H groups in total. The highest BCUT2D eigenvalue weighted by Gasteiger charge is 2.27. The highest BCUT2D eigenvalue weighted by molar-refractivity contribution is 7.47. The molecular weight excluding hydrogens is 828 g/mol. The third-order valence-electron chi connectivity index (χ3n) is 11.3. The number of carbonyl (C=O) groups excluding carboxylic acids is 1. The summed E-state index contributed by atoms with van der Waals surface area (Å²) in [4.78, 5) is 23.2. The van der Waals surface area contributed by atoms with E-state index in [1.54, 1.807) is 6.08 Å². The molecule has 0 aromatic heterocycles. The first-order chi connectivity index (χ1) is 31.5. The number of nitrogens with one attached hydrogen (secondary N) is 1. The third-order valence-corrected chi connectivity index (χ3v) is 12.3. The molecule has 376 valence electrons. The van der Waals surface area contributed by atoms with Gasteiger partial charge in [-0.05, 0) is 83.5 Å². The summed E-state index contributed by atoms with van der Waals surface area (Å²) in [6.45, 7) is 4.63. The lowest BCUT2D eigenvalue weighted by molar-refractivity contribution is -0.870. The van der Waals surface area contributed by atoms with E-state index in [1.165, 1.54) is 122 Å². The van der Waals surface area contributed by atoms with E-state index in [4.69, 9.17) is 9.05 Å². The molecule has 0 saturated heterocycles. The Morgan fingerprint density at radius 1 is 0.538 bits per heavy atom. The molecule has 0 radical (unpaired) electrons. The summed E-state index contributed by atoms with van der Waals surface area (Å²) in [6.07, 6.45) is 65.6. The van der Waals surface area contributed by atoms with Gasteiger partial charge in [0.05, 0.1) is 39.9 Å². The van der Waals surface area contributed by atoms with Crippen molar-refractivity contribution in [2.24, 2.45) is 0 Å². The van der Waals surface area contributed by atoms with Crippen molar-refractivity contribution < 1.29 is 32.9 Å². The van der Waals surface area contributed by atoms with Crippen LogP contribution in [0.3, 0.4) is 0 Å². The van der Waals surface area contributed by atoms with Crippen molar-refractivity contribution in [3.63, 3.8) is 0 Å². The van der Waals surface area contributed by atoms with Crippen molar-refractivity contribution in [1.29, 1.82) is 0 Å². The molecule has 9 heteroatoms. The van der Waals surface area contributed by atoms with Gasteiger partial charge in [0.25, 0.3) is 0 Å². The number of hydrogen-bond donors (Lipinski definition) is 3. The highest BCUT2D eigenvalue weighted by atomic mass is 31.2. The summed E-state index contributed by atoms with van der Waals surface area (Å²) in [5, 5.41) is 13.8. The fourth-order valence-corrected chi connectivity index (χ4v) is 7.92. The average Bonchev–Trinajstić information content (AvgIpc) is 3.26. The lowest BCUT2D eigenvalue weighted by Crippen LogP contribution is -2.45. The first-order valence-corrected chi connectivity index (χ1v) is 28.0. The van der Waals surface area contributed by atoms with E-state index in [2.05, 4.69) is 92.1 Å². The number of aliphatic hydroxyl groups excluding tert-OH is 1. The highest BCUT2D eigenvalue weighted by Crippen LogP contribution is 2.43. The molecule has 0 spiro atoms. The van der Waals surface area contributed by atoms with E-state index in [0.717, 1.165) is 64.2 Å². The van der Waals surface area contributed by atoms with Crippen LogP contribution in [0.5, 0.6) is 0 Å². The lowest BCUT2D eigenvalue weighted by atomic mass is 10.0. The van der Waals surface area contributed by atoms with Gasteiger partial charge in [0.1, 0.15) is 13.2 Å². The summed E-state index contributed by atoms with van der Waals surface area (Å²) in [5.74, 6) is -0.234. The number of phosphoric ester groups is 1. The number of allylic oxidation sites excluding steroid dienone is 13. The van der Waals surface area contributed by atoms with Gasteiger partial charge in [-0.1, -0.05) is 208 Å². The minimum atomic E-state index is -4.37. The molecule has 0 rings (SSSR count). The number of hydrogen-bond acceptors (Lipinski definition) is 5. The summed E-state index contributed by atoms with van der Waals surface area (Å²) in [5.41, 5.74) is 0. The Morgan fingerprint density at radius 2 is 0.938 bits per heavy atom. The largest absolute Gasteiger partial charge is 0.472 e. The van der Waals surface area contributed by atoms with Crippen molar-refractivity contribution in [2.45, 2.75) is 225 Å². The number of phosphoric acid groups is 1. The molecule has 0 bridgehead atoms. The molecule has 8 nitrogen and oxygen atoms in total. The quantitative estimate of drug-likeness (QED) is 0.0243. The number of amides is 1. The molecule has 0 aromatic carbocycles. The van der Waals surface area contributed by atoms with Gasteiger partial charge in [-0.25, -0.2) is 4.57 Å². The molecule has 0 heterocycles. The SMILES string of the molecule is CC/C=C\C/C=C\C/C=C\C/C=C\CCCCC(=O)NC(COP(=O)(O)OCC[N+](C)(C)C)C(O)/C=C/CC/C=C/CC/C=C/CCCCCCCCCCCCCCCCCCCC. The molecule has 1 amide bonds. The minimum absolute atomic E-state index is 0.0411. The standard InChI is InChI=1S/C56H101N2O6P/c1-6-8-10-12-14-16-18-20-22-23-24-25-26-27-28-29-30-31-32-33-34-36-37-39-41-43-45-47-49-55(59)54(53-64-65(61,62)63-52-51-58(3,4)5)57-56(60)50-48-46-44-42-40-38-35-21-19-17-15-13-11-9-7-2/h9,11,15,17,21,33-35,39-42,47,49,54-55,59H,6-8,10,12-14,16,18-20,22-32,36-38,43-46,48,50-53H2,1-5H3,(H-,57,60,61,62)/p+1/b11-9-,17-15-,34-33+,35-21-,41-39+,42-40-,49-47+. The zero-order valence-corrected chi connectivity index (χ0v) is 43.6. The lowest BCUT2D eigenvalue weighted by Gasteiger charge is -2.25. The minimum Gasteiger partial charge on any atom is -0.387 e. The summed E-state index contributed by atoms with van der Waals surface area (Å²) in [6, 6.07) is -0.896. The Bertz CT molecular complexity index is 1330. The Kier molecular flexibility index (Phi) is 45.1.